The molecular weight excluding hydrogens is 162 g/mol. The highest BCUT2D eigenvalue weighted by atomic mass is 16.1. The van der Waals surface area contributed by atoms with Gasteiger partial charge in [-0.1, -0.05) is 18.2 Å². The molecule has 0 aromatic heterocycles. The lowest BCUT2D eigenvalue weighted by molar-refractivity contribution is -0.104. The van der Waals surface area contributed by atoms with Crippen LogP contribution in [0.1, 0.15) is 6.92 Å². The third-order valence-corrected chi connectivity index (χ3v) is 1.75. The number of para-hydroxylation sites is 1. The first kappa shape index (κ1) is 9.52. The number of hydrogen-bond donors (Lipinski definition) is 0. The minimum absolute atomic E-state index is 0.714. The lowest BCUT2D eigenvalue weighted by Gasteiger charge is -2.13. The highest BCUT2D eigenvalue weighted by molar-refractivity contribution is 5.73. The Hall–Kier alpha value is -1.57. The van der Waals surface area contributed by atoms with Crippen LogP contribution < -0.4 is 4.90 Å². The molecule has 2 nitrogen and oxygen atoms in total. The molecule has 0 aliphatic carbocycles. The van der Waals surface area contributed by atoms with E-state index >= 15 is 0 Å². The van der Waals surface area contributed by atoms with Crippen LogP contribution in [0.5, 0.6) is 0 Å². The number of allylic oxidation sites excluding steroid dienone is 1. The topological polar surface area (TPSA) is 20.3 Å². The van der Waals surface area contributed by atoms with Gasteiger partial charge in [-0.2, -0.15) is 0 Å². The second-order valence-corrected chi connectivity index (χ2v) is 2.94. The fourth-order valence-electron chi connectivity index (χ4n) is 1.07. The van der Waals surface area contributed by atoms with Gasteiger partial charge >= 0.3 is 0 Å². The number of aldehydes is 1. The maximum absolute atomic E-state index is 10.4. The zero-order valence-electron chi connectivity index (χ0n) is 7.90. The average molecular weight is 175 g/mol. The third-order valence-electron chi connectivity index (χ3n) is 1.75. The van der Waals surface area contributed by atoms with Crippen molar-refractivity contribution < 1.29 is 4.79 Å². The van der Waals surface area contributed by atoms with Crippen LogP contribution in [0.25, 0.3) is 0 Å². The third kappa shape index (κ3) is 2.75. The molecule has 0 amide bonds. The van der Waals surface area contributed by atoms with E-state index in [9.17, 15) is 4.79 Å². The summed E-state index contributed by atoms with van der Waals surface area (Å²) in [6.07, 6.45) is 2.65. The molecule has 0 saturated heterocycles. The minimum Gasteiger partial charge on any atom is -0.351 e. The Morgan fingerprint density at radius 1 is 1.31 bits per heavy atom. The van der Waals surface area contributed by atoms with Crippen molar-refractivity contribution in [2.75, 3.05) is 11.9 Å². The SMILES string of the molecule is CC(C=O)=CN(C)c1ccccc1. The van der Waals surface area contributed by atoms with Crippen LogP contribution in [0.4, 0.5) is 5.69 Å². The second kappa shape index (κ2) is 4.45. The van der Waals surface area contributed by atoms with E-state index < -0.39 is 0 Å². The first-order valence-electron chi connectivity index (χ1n) is 4.15. The van der Waals surface area contributed by atoms with E-state index in [-0.39, 0.29) is 0 Å². The molecule has 0 heterocycles. The zero-order valence-corrected chi connectivity index (χ0v) is 7.90. The molecule has 0 radical (unpaired) electrons. The van der Waals surface area contributed by atoms with Gasteiger partial charge in [0.2, 0.25) is 0 Å². The van der Waals surface area contributed by atoms with Gasteiger partial charge in [-0.05, 0) is 19.1 Å². The van der Waals surface area contributed by atoms with Gasteiger partial charge < -0.3 is 4.90 Å². The largest absolute Gasteiger partial charge is 0.351 e. The highest BCUT2D eigenvalue weighted by Gasteiger charge is 1.95. The Labute approximate surface area is 78.5 Å². The predicted molar refractivity (Wildman–Crippen MR) is 54.7 cm³/mol. The number of carbonyl (C=O) groups excluding carboxylic acids is 1. The summed E-state index contributed by atoms with van der Waals surface area (Å²) >= 11 is 0. The van der Waals surface area contributed by atoms with Crippen molar-refractivity contribution in [3.63, 3.8) is 0 Å². The lowest BCUT2D eigenvalue weighted by atomic mass is 10.3. The summed E-state index contributed by atoms with van der Waals surface area (Å²) < 4.78 is 0. The van der Waals surface area contributed by atoms with Crippen LogP contribution in [0, 0.1) is 0 Å². The number of nitrogens with zero attached hydrogens (tertiary/aromatic N) is 1. The van der Waals surface area contributed by atoms with Crippen molar-refractivity contribution in [1.82, 2.24) is 0 Å². The van der Waals surface area contributed by atoms with Crippen LogP contribution >= 0.6 is 0 Å². The molecule has 1 rings (SSSR count). The van der Waals surface area contributed by atoms with Crippen molar-refractivity contribution in [2.45, 2.75) is 6.92 Å². The molecule has 68 valence electrons. The molecule has 2 heteroatoms. The number of anilines is 1. The van der Waals surface area contributed by atoms with E-state index in [1.807, 2.05) is 48.5 Å². The Kier molecular flexibility index (Phi) is 3.26. The molecule has 0 N–H and O–H groups in total. The van der Waals surface area contributed by atoms with Crippen molar-refractivity contribution in [1.29, 1.82) is 0 Å². The van der Waals surface area contributed by atoms with Gasteiger partial charge in [-0.15, -0.1) is 0 Å². The number of rotatable bonds is 3. The summed E-state index contributed by atoms with van der Waals surface area (Å²) in [6.45, 7) is 1.78. The van der Waals surface area contributed by atoms with Crippen molar-refractivity contribution in [2.24, 2.45) is 0 Å². The molecule has 0 atom stereocenters. The summed E-state index contributed by atoms with van der Waals surface area (Å²) in [5, 5.41) is 0. The van der Waals surface area contributed by atoms with Crippen LogP contribution in [-0.2, 0) is 4.79 Å². The second-order valence-electron chi connectivity index (χ2n) is 2.94. The monoisotopic (exact) mass is 175 g/mol. The fraction of sp³-hybridized carbons (Fsp3) is 0.182. The smallest absolute Gasteiger partial charge is 0.147 e. The standard InChI is InChI=1S/C11H13NO/c1-10(9-13)8-12(2)11-6-4-3-5-7-11/h3-9H,1-2H3. The van der Waals surface area contributed by atoms with Gasteiger partial charge in [0.15, 0.2) is 0 Å². The predicted octanol–water partition coefficient (Wildman–Crippen LogP) is 2.23. The van der Waals surface area contributed by atoms with Gasteiger partial charge in [-0.3, -0.25) is 4.79 Å². The number of hydrogen-bond acceptors (Lipinski definition) is 2. The van der Waals surface area contributed by atoms with E-state index in [0.29, 0.717) is 5.57 Å². The molecule has 13 heavy (non-hydrogen) atoms. The van der Waals surface area contributed by atoms with Gasteiger partial charge in [0.25, 0.3) is 0 Å². The normalized spacial score (nSPS) is 11.1. The summed E-state index contributed by atoms with van der Waals surface area (Å²) in [6, 6.07) is 9.89. The van der Waals surface area contributed by atoms with E-state index in [2.05, 4.69) is 0 Å². The number of benzene rings is 1. The lowest BCUT2D eigenvalue weighted by Crippen LogP contribution is -2.08. The minimum atomic E-state index is 0.714. The van der Waals surface area contributed by atoms with E-state index in [4.69, 9.17) is 0 Å². The van der Waals surface area contributed by atoms with Crippen molar-refractivity contribution >= 4 is 12.0 Å². The molecule has 0 spiro atoms. The van der Waals surface area contributed by atoms with Crippen molar-refractivity contribution in [3.8, 4) is 0 Å². The summed E-state index contributed by atoms with van der Waals surface area (Å²) in [4.78, 5) is 12.3. The quantitative estimate of drug-likeness (QED) is 0.518. The number of carbonyl (C=O) groups is 1. The zero-order chi connectivity index (χ0) is 9.68. The van der Waals surface area contributed by atoms with Gasteiger partial charge in [0, 0.05) is 24.5 Å². The molecule has 0 aliphatic heterocycles. The first-order valence-corrected chi connectivity index (χ1v) is 4.15. The molecule has 0 unspecified atom stereocenters. The first-order chi connectivity index (χ1) is 6.24. The average Bonchev–Trinajstić information content (AvgIpc) is 2.19. The van der Waals surface area contributed by atoms with E-state index in [1.54, 1.807) is 6.92 Å². The summed E-state index contributed by atoms with van der Waals surface area (Å²) in [5.41, 5.74) is 1.79. The van der Waals surface area contributed by atoms with Crippen molar-refractivity contribution in [3.05, 3.63) is 42.1 Å². The van der Waals surface area contributed by atoms with Gasteiger partial charge in [-0.25, -0.2) is 0 Å². The van der Waals surface area contributed by atoms with Crippen LogP contribution in [0.15, 0.2) is 42.1 Å². The van der Waals surface area contributed by atoms with E-state index in [0.717, 1.165) is 12.0 Å². The fourth-order valence-corrected chi connectivity index (χ4v) is 1.07. The molecular formula is C11H13NO. The Balaban J connectivity index is 2.80. The van der Waals surface area contributed by atoms with Crippen LogP contribution in [0.2, 0.25) is 0 Å². The van der Waals surface area contributed by atoms with Crippen LogP contribution in [0.3, 0.4) is 0 Å². The van der Waals surface area contributed by atoms with E-state index in [1.165, 1.54) is 0 Å². The van der Waals surface area contributed by atoms with Gasteiger partial charge in [0.05, 0.1) is 0 Å². The van der Waals surface area contributed by atoms with Crippen LogP contribution in [-0.4, -0.2) is 13.3 Å². The van der Waals surface area contributed by atoms with Gasteiger partial charge in [0.1, 0.15) is 6.29 Å². The highest BCUT2D eigenvalue weighted by Crippen LogP contribution is 2.11. The maximum atomic E-state index is 10.4. The Bertz CT molecular complexity index is 303. The summed E-state index contributed by atoms with van der Waals surface area (Å²) in [7, 11) is 1.92. The molecule has 1 aromatic carbocycles. The molecule has 1 aromatic rings. The Morgan fingerprint density at radius 2 is 1.92 bits per heavy atom. The molecule has 0 fully saturated rings. The Morgan fingerprint density at radius 3 is 2.46 bits per heavy atom. The summed E-state index contributed by atoms with van der Waals surface area (Å²) in [5.74, 6) is 0. The molecule has 0 saturated carbocycles. The molecule has 0 aliphatic rings. The maximum Gasteiger partial charge on any atom is 0.147 e. The molecule has 0 bridgehead atoms.